The van der Waals surface area contributed by atoms with E-state index in [1.807, 2.05) is 0 Å². The first-order valence-corrected chi connectivity index (χ1v) is 8.55. The normalized spacial score (nSPS) is 22.9. The number of ether oxygens (including phenoxy) is 2. The number of fused-ring (bicyclic) bond motifs is 1. The summed E-state index contributed by atoms with van der Waals surface area (Å²) in [7, 11) is 3.00. The number of nitrogens with one attached hydrogen (secondary N) is 1. The zero-order valence-corrected chi connectivity index (χ0v) is 14.4. The Balaban J connectivity index is 1.90. The van der Waals surface area contributed by atoms with Gasteiger partial charge >= 0.3 is 0 Å². The minimum atomic E-state index is -0.811. The molecule has 2 saturated heterocycles. The van der Waals surface area contributed by atoms with Crippen molar-refractivity contribution < 1.29 is 19.1 Å². The van der Waals surface area contributed by atoms with Crippen LogP contribution in [0.15, 0.2) is 12.1 Å². The van der Waals surface area contributed by atoms with Gasteiger partial charge in [-0.3, -0.25) is 9.59 Å². The summed E-state index contributed by atoms with van der Waals surface area (Å²) in [6.07, 6.45) is 0.927. The SMILES string of the molecule is COc1cc(NC(=O)C23CCC(=O)N2CCS3)c(OC)cc1Cl. The van der Waals surface area contributed by atoms with E-state index in [2.05, 4.69) is 5.32 Å². The molecule has 2 amide bonds. The number of carbonyl (C=O) groups is 2. The molecule has 23 heavy (non-hydrogen) atoms. The van der Waals surface area contributed by atoms with Crippen molar-refractivity contribution in [1.29, 1.82) is 0 Å². The van der Waals surface area contributed by atoms with Gasteiger partial charge in [-0.05, 0) is 6.42 Å². The molecule has 2 aliphatic rings. The zero-order chi connectivity index (χ0) is 16.6. The summed E-state index contributed by atoms with van der Waals surface area (Å²) in [6.45, 7) is 0.609. The largest absolute Gasteiger partial charge is 0.495 e. The lowest BCUT2D eigenvalue weighted by atomic mass is 10.1. The maximum absolute atomic E-state index is 12.9. The van der Waals surface area contributed by atoms with Gasteiger partial charge in [0.15, 0.2) is 4.87 Å². The topological polar surface area (TPSA) is 67.9 Å². The summed E-state index contributed by atoms with van der Waals surface area (Å²) >= 11 is 7.59. The molecule has 0 saturated carbocycles. The van der Waals surface area contributed by atoms with Crippen molar-refractivity contribution in [1.82, 2.24) is 4.90 Å². The van der Waals surface area contributed by atoms with Crippen LogP contribution in [0.2, 0.25) is 5.02 Å². The first-order chi connectivity index (χ1) is 11.0. The third-order valence-corrected chi connectivity index (χ3v) is 5.92. The minimum absolute atomic E-state index is 0.0331. The summed E-state index contributed by atoms with van der Waals surface area (Å²) in [5.41, 5.74) is 0.472. The number of hydrogen-bond donors (Lipinski definition) is 1. The van der Waals surface area contributed by atoms with Crippen LogP contribution in [0.4, 0.5) is 5.69 Å². The third kappa shape index (κ3) is 2.61. The summed E-state index contributed by atoms with van der Waals surface area (Å²) in [5.74, 6) is 1.47. The van der Waals surface area contributed by atoms with Gasteiger partial charge in [-0.1, -0.05) is 11.6 Å². The average molecular weight is 357 g/mol. The van der Waals surface area contributed by atoms with E-state index in [0.29, 0.717) is 41.6 Å². The van der Waals surface area contributed by atoms with Gasteiger partial charge in [-0.15, -0.1) is 11.8 Å². The van der Waals surface area contributed by atoms with Crippen LogP contribution >= 0.6 is 23.4 Å². The number of methoxy groups -OCH3 is 2. The number of carbonyl (C=O) groups excluding carboxylic acids is 2. The van der Waals surface area contributed by atoms with E-state index in [4.69, 9.17) is 21.1 Å². The first-order valence-electron chi connectivity index (χ1n) is 7.19. The Bertz CT molecular complexity index is 669. The fourth-order valence-corrected chi connectivity index (χ4v) is 4.61. The van der Waals surface area contributed by atoms with Crippen LogP contribution < -0.4 is 14.8 Å². The van der Waals surface area contributed by atoms with Crippen molar-refractivity contribution >= 4 is 40.9 Å². The molecule has 2 fully saturated rings. The highest BCUT2D eigenvalue weighted by atomic mass is 35.5. The lowest BCUT2D eigenvalue weighted by Crippen LogP contribution is -2.48. The number of thioether (sulfide) groups is 1. The summed E-state index contributed by atoms with van der Waals surface area (Å²) in [4.78, 5) is 25.7. The Kier molecular flexibility index (Phi) is 4.33. The predicted octanol–water partition coefficient (Wildman–Crippen LogP) is 2.36. The fourth-order valence-electron chi connectivity index (χ4n) is 2.99. The Morgan fingerprint density at radius 1 is 1.35 bits per heavy atom. The standard InChI is InChI=1S/C15H17ClN2O4S/c1-21-11-8-10(12(22-2)7-9(11)16)17-14(20)15-4-3-13(19)18(15)5-6-23-15/h7-8H,3-6H2,1-2H3,(H,17,20). The molecule has 0 radical (unpaired) electrons. The lowest BCUT2D eigenvalue weighted by Gasteiger charge is -2.29. The molecule has 1 unspecified atom stereocenters. The predicted molar refractivity (Wildman–Crippen MR) is 89.3 cm³/mol. The summed E-state index contributed by atoms with van der Waals surface area (Å²) < 4.78 is 10.5. The van der Waals surface area contributed by atoms with Gasteiger partial charge < -0.3 is 19.7 Å². The smallest absolute Gasteiger partial charge is 0.261 e. The molecule has 1 N–H and O–H groups in total. The monoisotopic (exact) mass is 356 g/mol. The van der Waals surface area contributed by atoms with E-state index in [0.717, 1.165) is 5.75 Å². The van der Waals surface area contributed by atoms with E-state index in [9.17, 15) is 9.59 Å². The maximum atomic E-state index is 12.9. The number of halogens is 1. The van der Waals surface area contributed by atoms with Crippen molar-refractivity contribution in [2.45, 2.75) is 17.7 Å². The van der Waals surface area contributed by atoms with Crippen LogP contribution in [0, 0.1) is 0 Å². The van der Waals surface area contributed by atoms with Crippen molar-refractivity contribution in [2.75, 3.05) is 31.8 Å². The highest BCUT2D eigenvalue weighted by molar-refractivity contribution is 8.01. The molecular formula is C15H17ClN2O4S. The van der Waals surface area contributed by atoms with E-state index in [1.165, 1.54) is 26.0 Å². The molecule has 0 bridgehead atoms. The quantitative estimate of drug-likeness (QED) is 0.897. The summed E-state index contributed by atoms with van der Waals surface area (Å²) in [5, 5.41) is 3.27. The van der Waals surface area contributed by atoms with Crippen LogP contribution in [0.1, 0.15) is 12.8 Å². The molecule has 0 spiro atoms. The Hall–Kier alpha value is -1.60. The molecule has 0 aliphatic carbocycles. The number of hydrogen-bond acceptors (Lipinski definition) is 5. The first kappa shape index (κ1) is 16.3. The molecule has 0 aromatic heterocycles. The summed E-state index contributed by atoms with van der Waals surface area (Å²) in [6, 6.07) is 3.21. The van der Waals surface area contributed by atoms with Gasteiger partial charge in [-0.2, -0.15) is 0 Å². The van der Waals surface area contributed by atoms with Gasteiger partial charge in [0.25, 0.3) is 5.91 Å². The van der Waals surface area contributed by atoms with E-state index >= 15 is 0 Å². The van der Waals surface area contributed by atoms with Crippen LogP contribution in [0.25, 0.3) is 0 Å². The Labute approximate surface area is 143 Å². The van der Waals surface area contributed by atoms with Crippen molar-refractivity contribution in [3.05, 3.63) is 17.2 Å². The Morgan fingerprint density at radius 3 is 2.78 bits per heavy atom. The van der Waals surface area contributed by atoms with Gasteiger partial charge in [0.1, 0.15) is 11.5 Å². The minimum Gasteiger partial charge on any atom is -0.495 e. The van der Waals surface area contributed by atoms with E-state index < -0.39 is 4.87 Å². The van der Waals surface area contributed by atoms with Crippen LogP contribution in [-0.2, 0) is 9.59 Å². The number of amides is 2. The van der Waals surface area contributed by atoms with E-state index in [-0.39, 0.29) is 11.8 Å². The molecule has 6 nitrogen and oxygen atoms in total. The van der Waals surface area contributed by atoms with Crippen molar-refractivity contribution in [3.63, 3.8) is 0 Å². The van der Waals surface area contributed by atoms with Crippen LogP contribution in [-0.4, -0.2) is 48.1 Å². The fraction of sp³-hybridized carbons (Fsp3) is 0.467. The highest BCUT2D eigenvalue weighted by Crippen LogP contribution is 2.46. The number of rotatable bonds is 4. The van der Waals surface area contributed by atoms with Gasteiger partial charge in [-0.25, -0.2) is 0 Å². The van der Waals surface area contributed by atoms with Gasteiger partial charge in [0.05, 0.1) is 24.9 Å². The number of benzene rings is 1. The Morgan fingerprint density at radius 2 is 2.09 bits per heavy atom. The van der Waals surface area contributed by atoms with Crippen molar-refractivity contribution in [3.8, 4) is 11.5 Å². The molecule has 1 aromatic rings. The molecule has 2 heterocycles. The maximum Gasteiger partial charge on any atom is 0.261 e. The van der Waals surface area contributed by atoms with Gasteiger partial charge in [0, 0.05) is 30.9 Å². The molecule has 1 aromatic carbocycles. The zero-order valence-electron chi connectivity index (χ0n) is 12.8. The van der Waals surface area contributed by atoms with Crippen LogP contribution in [0.3, 0.4) is 0 Å². The second kappa shape index (κ2) is 6.13. The second-order valence-electron chi connectivity index (χ2n) is 5.32. The average Bonchev–Trinajstić information content (AvgIpc) is 3.10. The molecule has 8 heteroatoms. The number of anilines is 1. The molecule has 2 aliphatic heterocycles. The van der Waals surface area contributed by atoms with Crippen LogP contribution in [0.5, 0.6) is 11.5 Å². The van der Waals surface area contributed by atoms with Crippen molar-refractivity contribution in [2.24, 2.45) is 0 Å². The molecule has 1 atom stereocenters. The number of nitrogens with zero attached hydrogens (tertiary/aromatic N) is 1. The molecule has 124 valence electrons. The van der Waals surface area contributed by atoms with E-state index in [1.54, 1.807) is 17.0 Å². The second-order valence-corrected chi connectivity index (χ2v) is 7.10. The van der Waals surface area contributed by atoms with Gasteiger partial charge in [0.2, 0.25) is 5.91 Å². The molecule has 3 rings (SSSR count). The third-order valence-electron chi connectivity index (χ3n) is 4.15. The molecular weight excluding hydrogens is 340 g/mol. The lowest BCUT2D eigenvalue weighted by molar-refractivity contribution is -0.133. The highest BCUT2D eigenvalue weighted by Gasteiger charge is 2.54.